The van der Waals surface area contributed by atoms with Crippen molar-refractivity contribution >= 4 is 18.0 Å². The van der Waals surface area contributed by atoms with Crippen molar-refractivity contribution in [3.8, 4) is 0 Å². The Morgan fingerprint density at radius 3 is 2.42 bits per heavy atom. The molecular weight excluding hydrogens is 458 g/mol. The molecule has 36 heavy (non-hydrogen) atoms. The first-order valence-corrected chi connectivity index (χ1v) is 11.4. The molecular formula is C27H27N5O4. The normalized spacial score (nSPS) is 15.7. The molecule has 0 saturated carbocycles. The highest BCUT2D eigenvalue weighted by molar-refractivity contribution is 5.99. The minimum atomic E-state index is -0.757. The molecule has 184 valence electrons. The summed E-state index contributed by atoms with van der Waals surface area (Å²) in [5, 5.41) is 3.10. The summed E-state index contributed by atoms with van der Waals surface area (Å²) >= 11 is 0. The molecule has 1 aromatic carbocycles. The smallest absolute Gasteiger partial charge is 0.337 e. The SMILES string of the molecule is COC(=O)C1=C(C)NC(C)=C(C(=O)OCC=Cc2ccc(Cn3ccnc3)cc2)C1c1cnccn1. The maximum atomic E-state index is 13.2. The van der Waals surface area contributed by atoms with Gasteiger partial charge in [-0.15, -0.1) is 0 Å². The second kappa shape index (κ2) is 11.3. The van der Waals surface area contributed by atoms with Crippen molar-refractivity contribution < 1.29 is 19.1 Å². The van der Waals surface area contributed by atoms with Crippen molar-refractivity contribution in [1.82, 2.24) is 24.8 Å². The molecule has 0 spiro atoms. The predicted molar refractivity (Wildman–Crippen MR) is 133 cm³/mol. The van der Waals surface area contributed by atoms with Crippen molar-refractivity contribution in [3.05, 3.63) is 107 Å². The highest BCUT2D eigenvalue weighted by atomic mass is 16.5. The van der Waals surface area contributed by atoms with Gasteiger partial charge in [-0.2, -0.15) is 0 Å². The van der Waals surface area contributed by atoms with Gasteiger partial charge < -0.3 is 19.4 Å². The molecule has 0 amide bonds. The van der Waals surface area contributed by atoms with Gasteiger partial charge in [0.05, 0.1) is 36.2 Å². The predicted octanol–water partition coefficient (Wildman–Crippen LogP) is 3.39. The summed E-state index contributed by atoms with van der Waals surface area (Å²) in [6, 6.07) is 8.09. The molecule has 0 aliphatic carbocycles. The van der Waals surface area contributed by atoms with E-state index in [9.17, 15) is 9.59 Å². The van der Waals surface area contributed by atoms with Crippen molar-refractivity contribution in [3.63, 3.8) is 0 Å². The highest BCUT2D eigenvalue weighted by Crippen LogP contribution is 2.38. The van der Waals surface area contributed by atoms with Crippen LogP contribution in [0.1, 0.15) is 36.6 Å². The molecule has 1 unspecified atom stereocenters. The van der Waals surface area contributed by atoms with Crippen LogP contribution in [0.2, 0.25) is 0 Å². The van der Waals surface area contributed by atoms with Crippen LogP contribution in [-0.4, -0.2) is 45.2 Å². The third-order valence-electron chi connectivity index (χ3n) is 5.79. The van der Waals surface area contributed by atoms with E-state index in [0.29, 0.717) is 28.2 Å². The molecule has 1 aliphatic rings. The maximum absolute atomic E-state index is 13.2. The average Bonchev–Trinajstić information content (AvgIpc) is 3.40. The molecule has 0 bridgehead atoms. The second-order valence-electron chi connectivity index (χ2n) is 8.23. The van der Waals surface area contributed by atoms with Crippen LogP contribution in [-0.2, 0) is 25.6 Å². The van der Waals surface area contributed by atoms with Crippen molar-refractivity contribution in [2.24, 2.45) is 0 Å². The average molecular weight is 486 g/mol. The Morgan fingerprint density at radius 1 is 1.03 bits per heavy atom. The second-order valence-corrected chi connectivity index (χ2v) is 8.23. The van der Waals surface area contributed by atoms with Gasteiger partial charge in [-0.3, -0.25) is 9.97 Å². The number of ether oxygens (including phenoxy) is 2. The lowest BCUT2D eigenvalue weighted by molar-refractivity contribution is -0.138. The summed E-state index contributed by atoms with van der Waals surface area (Å²) in [6.07, 6.45) is 13.7. The van der Waals surface area contributed by atoms with Crippen LogP contribution in [0.5, 0.6) is 0 Å². The fourth-order valence-corrected chi connectivity index (χ4v) is 4.11. The minimum Gasteiger partial charge on any atom is -0.466 e. The minimum absolute atomic E-state index is 0.0653. The number of carbonyl (C=O) groups excluding carboxylic acids is 2. The van der Waals surface area contributed by atoms with Gasteiger partial charge in [-0.05, 0) is 31.1 Å². The van der Waals surface area contributed by atoms with Gasteiger partial charge >= 0.3 is 11.9 Å². The number of carbonyl (C=O) groups is 2. The molecule has 0 fully saturated rings. The summed E-state index contributed by atoms with van der Waals surface area (Å²) < 4.78 is 12.5. The molecule has 3 heterocycles. The van der Waals surface area contributed by atoms with E-state index in [1.54, 1.807) is 32.4 Å². The van der Waals surface area contributed by atoms with Gasteiger partial charge in [0.2, 0.25) is 0 Å². The topological polar surface area (TPSA) is 108 Å². The number of allylic oxidation sites excluding steroid dienone is 2. The third kappa shape index (κ3) is 5.57. The highest BCUT2D eigenvalue weighted by Gasteiger charge is 2.38. The molecule has 9 heteroatoms. The molecule has 1 N–H and O–H groups in total. The van der Waals surface area contributed by atoms with Crippen molar-refractivity contribution in [2.75, 3.05) is 13.7 Å². The fraction of sp³-hybridized carbons (Fsp3) is 0.222. The Morgan fingerprint density at radius 2 is 1.78 bits per heavy atom. The number of hydrogen-bond acceptors (Lipinski definition) is 8. The number of dihydropyridines is 1. The zero-order valence-electron chi connectivity index (χ0n) is 20.3. The van der Waals surface area contributed by atoms with Crippen LogP contribution < -0.4 is 5.32 Å². The summed E-state index contributed by atoms with van der Waals surface area (Å²) in [7, 11) is 1.30. The monoisotopic (exact) mass is 485 g/mol. The van der Waals surface area contributed by atoms with E-state index >= 15 is 0 Å². The first-order chi connectivity index (χ1) is 17.5. The number of hydrogen-bond donors (Lipinski definition) is 1. The summed E-state index contributed by atoms with van der Waals surface area (Å²) in [4.78, 5) is 38.3. The van der Waals surface area contributed by atoms with E-state index in [1.807, 2.05) is 41.1 Å². The molecule has 2 aromatic heterocycles. The van der Waals surface area contributed by atoms with E-state index in [-0.39, 0.29) is 6.61 Å². The number of esters is 2. The lowest BCUT2D eigenvalue weighted by atomic mass is 9.83. The van der Waals surface area contributed by atoms with Crippen LogP contribution >= 0.6 is 0 Å². The van der Waals surface area contributed by atoms with Crippen LogP contribution in [0, 0.1) is 0 Å². The van der Waals surface area contributed by atoms with E-state index in [1.165, 1.54) is 25.7 Å². The van der Waals surface area contributed by atoms with Crippen LogP contribution in [0.3, 0.4) is 0 Å². The Bertz CT molecular complexity index is 1310. The number of nitrogens with one attached hydrogen (secondary N) is 1. The van der Waals surface area contributed by atoms with Crippen LogP contribution in [0.25, 0.3) is 6.08 Å². The van der Waals surface area contributed by atoms with Crippen molar-refractivity contribution in [2.45, 2.75) is 26.3 Å². The quantitative estimate of drug-likeness (QED) is 0.484. The zero-order valence-corrected chi connectivity index (χ0v) is 20.3. The van der Waals surface area contributed by atoms with E-state index in [0.717, 1.165) is 17.7 Å². The Labute approximate surface area is 209 Å². The van der Waals surface area contributed by atoms with Gasteiger partial charge in [0.15, 0.2) is 0 Å². The molecule has 0 radical (unpaired) electrons. The van der Waals surface area contributed by atoms with Crippen LogP contribution in [0.4, 0.5) is 0 Å². The lowest BCUT2D eigenvalue weighted by Gasteiger charge is -2.29. The molecule has 9 nitrogen and oxygen atoms in total. The van der Waals surface area contributed by atoms with Gasteiger partial charge in [0.1, 0.15) is 6.61 Å². The Hall–Kier alpha value is -4.53. The van der Waals surface area contributed by atoms with E-state index < -0.39 is 17.9 Å². The number of methoxy groups -OCH3 is 1. The van der Waals surface area contributed by atoms with E-state index in [4.69, 9.17) is 9.47 Å². The van der Waals surface area contributed by atoms with Crippen molar-refractivity contribution in [1.29, 1.82) is 0 Å². The summed E-state index contributed by atoms with van der Waals surface area (Å²) in [5.74, 6) is -1.86. The number of imidazole rings is 1. The maximum Gasteiger partial charge on any atom is 0.337 e. The van der Waals surface area contributed by atoms with Crippen LogP contribution in [0.15, 0.2) is 90.2 Å². The molecule has 0 saturated heterocycles. The van der Waals surface area contributed by atoms with Gasteiger partial charge in [-0.1, -0.05) is 30.3 Å². The molecule has 3 aromatic rings. The largest absolute Gasteiger partial charge is 0.466 e. The first-order valence-electron chi connectivity index (χ1n) is 11.4. The van der Waals surface area contributed by atoms with Gasteiger partial charge in [0, 0.05) is 48.9 Å². The standard InChI is InChI=1S/C27H27N5O4/c1-18-23(26(33)35-3)25(22-15-28-10-11-30-22)24(19(2)31-18)27(34)36-14-4-5-20-6-8-21(9-7-20)16-32-13-12-29-17-32/h4-13,15,17,25,31H,14,16H2,1-3H3. The Kier molecular flexibility index (Phi) is 7.69. The van der Waals surface area contributed by atoms with Gasteiger partial charge in [-0.25, -0.2) is 14.6 Å². The summed E-state index contributed by atoms with van der Waals surface area (Å²) in [5.41, 5.74) is 4.35. The van der Waals surface area contributed by atoms with Gasteiger partial charge in [0.25, 0.3) is 0 Å². The number of nitrogens with zero attached hydrogens (tertiary/aromatic N) is 4. The molecule has 1 aliphatic heterocycles. The fourth-order valence-electron chi connectivity index (χ4n) is 4.11. The Balaban J connectivity index is 1.45. The number of benzene rings is 1. The zero-order chi connectivity index (χ0) is 25.5. The lowest BCUT2D eigenvalue weighted by Crippen LogP contribution is -2.32. The van der Waals surface area contributed by atoms with E-state index in [2.05, 4.69) is 20.3 Å². The molecule has 4 rings (SSSR count). The summed E-state index contributed by atoms with van der Waals surface area (Å²) in [6.45, 7) is 4.33. The molecule has 1 atom stereocenters. The third-order valence-corrected chi connectivity index (χ3v) is 5.79. The number of aromatic nitrogens is 4. The number of rotatable bonds is 8. The first kappa shape index (κ1) is 24.6.